The van der Waals surface area contributed by atoms with Crippen LogP contribution in [0.5, 0.6) is 0 Å². The number of aliphatic hydroxyl groups is 1. The quantitative estimate of drug-likeness (QED) is 0.806. The second-order valence-corrected chi connectivity index (χ2v) is 3.79. The highest BCUT2D eigenvalue weighted by molar-refractivity contribution is 5.83. The van der Waals surface area contributed by atoms with E-state index in [1.165, 1.54) is 6.92 Å². The highest BCUT2D eigenvalue weighted by atomic mass is 19.1. The minimum atomic E-state index is -0.800. The number of hydrogen-bond acceptors (Lipinski definition) is 2. The molecule has 1 atom stereocenters. The van der Waals surface area contributed by atoms with Gasteiger partial charge in [0.25, 0.3) is 0 Å². The van der Waals surface area contributed by atoms with Crippen LogP contribution in [0.1, 0.15) is 24.3 Å². The molecule has 16 heavy (non-hydrogen) atoms. The van der Waals surface area contributed by atoms with Gasteiger partial charge in [0.05, 0.1) is 11.8 Å². The van der Waals surface area contributed by atoms with Crippen molar-refractivity contribution in [2.24, 2.45) is 0 Å². The molecule has 0 saturated carbocycles. The zero-order chi connectivity index (χ0) is 11.9. The Labute approximate surface area is 91.6 Å². The third-order valence-corrected chi connectivity index (χ3v) is 2.51. The first-order chi connectivity index (χ1) is 7.50. The van der Waals surface area contributed by atoms with Gasteiger partial charge in [-0.3, -0.25) is 0 Å². The van der Waals surface area contributed by atoms with Gasteiger partial charge in [-0.05, 0) is 37.6 Å². The van der Waals surface area contributed by atoms with Crippen LogP contribution in [0.25, 0.3) is 10.9 Å². The van der Waals surface area contributed by atoms with Crippen molar-refractivity contribution in [2.75, 3.05) is 0 Å². The summed E-state index contributed by atoms with van der Waals surface area (Å²) in [7, 11) is 0. The molecule has 2 rings (SSSR count). The van der Waals surface area contributed by atoms with Gasteiger partial charge in [0.15, 0.2) is 0 Å². The van der Waals surface area contributed by atoms with Gasteiger partial charge in [-0.1, -0.05) is 0 Å². The van der Waals surface area contributed by atoms with E-state index in [0.717, 1.165) is 12.1 Å². The summed E-state index contributed by atoms with van der Waals surface area (Å²) in [5, 5.41) is 9.56. The van der Waals surface area contributed by atoms with Crippen LogP contribution in [0.15, 0.2) is 18.2 Å². The molecule has 1 aromatic heterocycles. The van der Waals surface area contributed by atoms with Gasteiger partial charge < -0.3 is 5.11 Å². The Morgan fingerprint density at radius 3 is 2.50 bits per heavy atom. The molecule has 0 aliphatic heterocycles. The van der Waals surface area contributed by atoms with E-state index < -0.39 is 17.7 Å². The summed E-state index contributed by atoms with van der Waals surface area (Å²) in [6.07, 6.45) is -0.800. The van der Waals surface area contributed by atoms with E-state index in [1.807, 2.05) is 0 Å². The lowest BCUT2D eigenvalue weighted by Gasteiger charge is -2.09. The van der Waals surface area contributed by atoms with Gasteiger partial charge in [-0.25, -0.2) is 13.8 Å². The predicted molar refractivity (Wildman–Crippen MR) is 57.0 cm³/mol. The fraction of sp³-hybridized carbons (Fsp3) is 0.250. The van der Waals surface area contributed by atoms with E-state index >= 15 is 0 Å². The molecule has 0 saturated heterocycles. The zero-order valence-corrected chi connectivity index (χ0v) is 8.96. The Balaban J connectivity index is 2.86. The Kier molecular flexibility index (Phi) is 2.59. The molecule has 2 aromatic rings. The fourth-order valence-electron chi connectivity index (χ4n) is 1.69. The monoisotopic (exact) mass is 223 g/mol. The summed E-state index contributed by atoms with van der Waals surface area (Å²) in [6.45, 7) is 3.20. The maximum atomic E-state index is 13.5. The highest BCUT2D eigenvalue weighted by Crippen LogP contribution is 2.25. The van der Waals surface area contributed by atoms with Gasteiger partial charge in [-0.15, -0.1) is 0 Å². The van der Waals surface area contributed by atoms with Crippen molar-refractivity contribution in [2.45, 2.75) is 20.0 Å². The van der Waals surface area contributed by atoms with E-state index in [-0.39, 0.29) is 10.9 Å². The molecule has 1 unspecified atom stereocenters. The fourth-order valence-corrected chi connectivity index (χ4v) is 1.69. The minimum absolute atomic E-state index is 0.0316. The third kappa shape index (κ3) is 1.65. The van der Waals surface area contributed by atoms with Crippen LogP contribution in [0, 0.1) is 18.6 Å². The second-order valence-electron chi connectivity index (χ2n) is 3.79. The maximum Gasteiger partial charge on any atom is 0.149 e. The van der Waals surface area contributed by atoms with Crippen molar-refractivity contribution < 1.29 is 13.9 Å². The Morgan fingerprint density at radius 2 is 1.88 bits per heavy atom. The Bertz CT molecular complexity index is 552. The van der Waals surface area contributed by atoms with Crippen molar-refractivity contribution in [1.82, 2.24) is 4.98 Å². The maximum absolute atomic E-state index is 13.5. The molecule has 4 heteroatoms. The summed E-state index contributed by atoms with van der Waals surface area (Å²) >= 11 is 0. The number of aryl methyl sites for hydroxylation is 1. The normalized spacial score (nSPS) is 13.1. The number of benzene rings is 1. The molecule has 0 radical (unpaired) electrons. The van der Waals surface area contributed by atoms with Crippen LogP contribution in [-0.2, 0) is 0 Å². The number of pyridine rings is 1. The lowest BCUT2D eigenvalue weighted by Crippen LogP contribution is -2.00. The Morgan fingerprint density at radius 1 is 1.25 bits per heavy atom. The van der Waals surface area contributed by atoms with E-state index in [0.29, 0.717) is 11.3 Å². The molecular formula is C12H11F2NO. The van der Waals surface area contributed by atoms with Gasteiger partial charge in [0, 0.05) is 5.39 Å². The molecule has 0 fully saturated rings. The number of halogens is 2. The largest absolute Gasteiger partial charge is 0.387 e. The van der Waals surface area contributed by atoms with E-state index in [2.05, 4.69) is 4.98 Å². The number of nitrogens with zero attached hydrogens (tertiary/aromatic N) is 1. The van der Waals surface area contributed by atoms with Crippen LogP contribution in [0.3, 0.4) is 0 Å². The standard InChI is InChI=1S/C12H11F2NO/c1-6-5-10(7(2)16)15-12-9(14)4-3-8(13)11(6)12/h3-5,7,16H,1-2H3. The second kappa shape index (κ2) is 3.79. The van der Waals surface area contributed by atoms with E-state index in [1.54, 1.807) is 13.0 Å². The molecule has 0 aliphatic rings. The van der Waals surface area contributed by atoms with Crippen molar-refractivity contribution in [3.63, 3.8) is 0 Å². The number of fused-ring (bicyclic) bond motifs is 1. The lowest BCUT2D eigenvalue weighted by molar-refractivity contribution is 0.194. The number of hydrogen-bond donors (Lipinski definition) is 1. The van der Waals surface area contributed by atoms with Crippen molar-refractivity contribution in [3.05, 3.63) is 41.1 Å². The van der Waals surface area contributed by atoms with Gasteiger partial charge in [0.2, 0.25) is 0 Å². The molecule has 0 bridgehead atoms. The summed E-state index contributed by atoms with van der Waals surface area (Å²) in [4.78, 5) is 3.93. The van der Waals surface area contributed by atoms with Crippen LogP contribution >= 0.6 is 0 Å². The summed E-state index contributed by atoms with van der Waals surface area (Å²) in [5.74, 6) is -1.08. The topological polar surface area (TPSA) is 33.1 Å². The van der Waals surface area contributed by atoms with Crippen LogP contribution < -0.4 is 0 Å². The van der Waals surface area contributed by atoms with Crippen LogP contribution in [-0.4, -0.2) is 10.1 Å². The van der Waals surface area contributed by atoms with E-state index in [9.17, 15) is 13.9 Å². The lowest BCUT2D eigenvalue weighted by atomic mass is 10.1. The SMILES string of the molecule is Cc1cc(C(C)O)nc2c(F)ccc(F)c12. The molecule has 1 heterocycles. The molecule has 2 nitrogen and oxygen atoms in total. The molecule has 0 amide bonds. The van der Waals surface area contributed by atoms with Gasteiger partial charge >= 0.3 is 0 Å². The Hall–Kier alpha value is -1.55. The highest BCUT2D eigenvalue weighted by Gasteiger charge is 2.13. The summed E-state index contributed by atoms with van der Waals surface area (Å²) < 4.78 is 27.0. The molecule has 0 spiro atoms. The zero-order valence-electron chi connectivity index (χ0n) is 8.96. The number of aliphatic hydroxyl groups excluding tert-OH is 1. The average molecular weight is 223 g/mol. The number of rotatable bonds is 1. The van der Waals surface area contributed by atoms with Crippen molar-refractivity contribution in [3.8, 4) is 0 Å². The molecule has 1 aromatic carbocycles. The van der Waals surface area contributed by atoms with Crippen molar-refractivity contribution in [1.29, 1.82) is 0 Å². The molecular weight excluding hydrogens is 212 g/mol. The van der Waals surface area contributed by atoms with Crippen LogP contribution in [0.4, 0.5) is 8.78 Å². The predicted octanol–water partition coefficient (Wildman–Crippen LogP) is 2.87. The molecule has 0 aliphatic carbocycles. The summed E-state index contributed by atoms with van der Waals surface area (Å²) in [5.41, 5.74) is 0.878. The molecule has 1 N–H and O–H groups in total. The molecule has 84 valence electrons. The van der Waals surface area contributed by atoms with Crippen molar-refractivity contribution >= 4 is 10.9 Å². The average Bonchev–Trinajstić information content (AvgIpc) is 2.22. The van der Waals surface area contributed by atoms with Gasteiger partial charge in [0.1, 0.15) is 17.2 Å². The van der Waals surface area contributed by atoms with E-state index in [4.69, 9.17) is 0 Å². The smallest absolute Gasteiger partial charge is 0.149 e. The third-order valence-electron chi connectivity index (χ3n) is 2.51. The minimum Gasteiger partial charge on any atom is -0.387 e. The first kappa shape index (κ1) is 11.0. The summed E-state index contributed by atoms with van der Waals surface area (Å²) in [6, 6.07) is 3.68. The number of aromatic nitrogens is 1. The first-order valence-electron chi connectivity index (χ1n) is 4.94. The van der Waals surface area contributed by atoms with Crippen LogP contribution in [0.2, 0.25) is 0 Å². The first-order valence-corrected chi connectivity index (χ1v) is 4.94. The van der Waals surface area contributed by atoms with Gasteiger partial charge in [-0.2, -0.15) is 0 Å².